The second kappa shape index (κ2) is 3.19. The van der Waals surface area contributed by atoms with E-state index in [1.54, 1.807) is 0 Å². The molecule has 92 valence electrons. The molecule has 6 nitrogen and oxygen atoms in total. The smallest absolute Gasteiger partial charge is 0.310 e. The van der Waals surface area contributed by atoms with Crippen LogP contribution in [-0.4, -0.2) is 41.0 Å². The number of aliphatic carboxylic acids is 1. The van der Waals surface area contributed by atoms with Crippen LogP contribution in [0.4, 0.5) is 0 Å². The van der Waals surface area contributed by atoms with Crippen LogP contribution in [-0.2, 0) is 19.6 Å². The molecule has 1 fully saturated rings. The first-order valence-electron chi connectivity index (χ1n) is 4.75. The maximum atomic E-state index is 11.7. The predicted molar refractivity (Wildman–Crippen MR) is 56.1 cm³/mol. The molecule has 1 aliphatic heterocycles. The van der Waals surface area contributed by atoms with Gasteiger partial charge >= 0.3 is 5.97 Å². The van der Waals surface area contributed by atoms with Gasteiger partial charge in [0.1, 0.15) is 0 Å². The van der Waals surface area contributed by atoms with Crippen molar-refractivity contribution in [2.24, 2.45) is 5.41 Å². The Labute approximate surface area is 94.3 Å². The Morgan fingerprint density at radius 3 is 2.19 bits per heavy atom. The van der Waals surface area contributed by atoms with Gasteiger partial charge in [0.15, 0.2) is 4.75 Å². The summed E-state index contributed by atoms with van der Waals surface area (Å²) in [5.41, 5.74) is -1.28. The summed E-state index contributed by atoms with van der Waals surface area (Å²) in [6.07, 6.45) is 0. The topological polar surface area (TPSA) is 91.8 Å². The highest BCUT2D eigenvalue weighted by Crippen LogP contribution is 2.37. The summed E-state index contributed by atoms with van der Waals surface area (Å²) in [4.78, 5) is 22.4. The average molecular weight is 249 g/mol. The van der Waals surface area contributed by atoms with E-state index in [0.29, 0.717) is 4.31 Å². The number of carbonyl (C=O) groups is 2. The third kappa shape index (κ3) is 1.50. The molecule has 1 rings (SSSR count). The molecular formula is C9H15NO5S. The van der Waals surface area contributed by atoms with Gasteiger partial charge in [-0.2, -0.15) is 0 Å². The van der Waals surface area contributed by atoms with Crippen molar-refractivity contribution in [1.29, 1.82) is 0 Å². The van der Waals surface area contributed by atoms with E-state index in [9.17, 15) is 18.0 Å². The van der Waals surface area contributed by atoms with Crippen molar-refractivity contribution in [3.8, 4) is 0 Å². The van der Waals surface area contributed by atoms with Gasteiger partial charge in [-0.1, -0.05) is 0 Å². The quantitative estimate of drug-likeness (QED) is 0.763. The van der Waals surface area contributed by atoms with E-state index in [-0.39, 0.29) is 6.54 Å². The van der Waals surface area contributed by atoms with E-state index in [2.05, 4.69) is 0 Å². The number of carboxylic acids is 1. The largest absolute Gasteiger partial charge is 0.481 e. The van der Waals surface area contributed by atoms with Crippen LogP contribution in [0, 0.1) is 5.41 Å². The lowest BCUT2D eigenvalue weighted by molar-refractivity contribution is -0.148. The highest BCUT2D eigenvalue weighted by molar-refractivity contribution is 7.94. The molecule has 0 aliphatic carbocycles. The molecule has 0 aromatic carbocycles. The molecule has 1 heterocycles. The highest BCUT2D eigenvalue weighted by atomic mass is 32.2. The number of rotatable bonds is 3. The van der Waals surface area contributed by atoms with E-state index >= 15 is 0 Å². The number of amides is 1. The first kappa shape index (κ1) is 13.0. The standard InChI is InChI=1S/C9H15NO5S/c1-8(2,7(12)13)5-10-6(11)9(3,4)16(10,14)15/h5H2,1-4H3,(H,12,13). The minimum Gasteiger partial charge on any atom is -0.481 e. The summed E-state index contributed by atoms with van der Waals surface area (Å²) < 4.78 is 22.6. The number of hydrogen-bond acceptors (Lipinski definition) is 4. The Bertz CT molecular complexity index is 449. The molecule has 1 aliphatic rings. The van der Waals surface area contributed by atoms with Gasteiger partial charge < -0.3 is 5.11 Å². The third-order valence-corrected chi connectivity index (χ3v) is 5.13. The number of carbonyl (C=O) groups excluding carboxylic acids is 1. The van der Waals surface area contributed by atoms with Crippen molar-refractivity contribution in [1.82, 2.24) is 4.31 Å². The maximum absolute atomic E-state index is 11.7. The fourth-order valence-corrected chi connectivity index (χ4v) is 3.03. The van der Waals surface area contributed by atoms with Crippen LogP contribution in [0.3, 0.4) is 0 Å². The Hall–Kier alpha value is -1.11. The van der Waals surface area contributed by atoms with E-state index in [0.717, 1.165) is 0 Å². The van der Waals surface area contributed by atoms with E-state index in [1.165, 1.54) is 27.7 Å². The van der Waals surface area contributed by atoms with Crippen LogP contribution < -0.4 is 0 Å². The van der Waals surface area contributed by atoms with Crippen molar-refractivity contribution in [2.75, 3.05) is 6.54 Å². The van der Waals surface area contributed by atoms with E-state index in [4.69, 9.17) is 5.11 Å². The lowest BCUT2D eigenvalue weighted by Gasteiger charge is -2.45. The van der Waals surface area contributed by atoms with Gasteiger partial charge in [-0.15, -0.1) is 0 Å². The number of nitrogens with zero attached hydrogens (tertiary/aromatic N) is 1. The number of carboxylic acid groups (broad SMARTS) is 1. The van der Waals surface area contributed by atoms with Crippen molar-refractivity contribution >= 4 is 21.9 Å². The summed E-state index contributed by atoms with van der Waals surface area (Å²) in [6, 6.07) is 0. The van der Waals surface area contributed by atoms with Gasteiger partial charge in [-0.3, -0.25) is 9.59 Å². The predicted octanol–water partition coefficient (Wildman–Crippen LogP) is 0.0478. The molecule has 7 heteroatoms. The first-order chi connectivity index (χ1) is 6.94. The summed E-state index contributed by atoms with van der Waals surface area (Å²) in [5, 5.41) is 8.86. The SMILES string of the molecule is CC(C)(CN1C(=O)C(C)(C)S1(=O)=O)C(=O)O. The lowest BCUT2D eigenvalue weighted by Crippen LogP contribution is -2.68. The fraction of sp³-hybridized carbons (Fsp3) is 0.778. The molecule has 0 aromatic heterocycles. The van der Waals surface area contributed by atoms with Crippen molar-refractivity contribution < 1.29 is 23.1 Å². The third-order valence-electron chi connectivity index (χ3n) is 2.79. The minimum absolute atomic E-state index is 0.326. The Balaban J connectivity index is 2.97. The summed E-state index contributed by atoms with van der Waals surface area (Å²) in [7, 11) is -3.70. The Morgan fingerprint density at radius 1 is 1.44 bits per heavy atom. The molecular weight excluding hydrogens is 234 g/mol. The zero-order valence-corrected chi connectivity index (χ0v) is 10.5. The molecule has 1 saturated heterocycles. The zero-order chi connectivity index (χ0) is 12.9. The Morgan fingerprint density at radius 2 is 1.88 bits per heavy atom. The number of hydrogen-bond donors (Lipinski definition) is 1. The Kier molecular flexibility index (Phi) is 2.58. The zero-order valence-electron chi connectivity index (χ0n) is 9.64. The van der Waals surface area contributed by atoms with Crippen LogP contribution in [0.25, 0.3) is 0 Å². The van der Waals surface area contributed by atoms with E-state index < -0.39 is 32.1 Å². The van der Waals surface area contributed by atoms with E-state index in [1.807, 2.05) is 0 Å². The van der Waals surface area contributed by atoms with Crippen LogP contribution in [0.15, 0.2) is 0 Å². The molecule has 0 aromatic rings. The lowest BCUT2D eigenvalue weighted by atomic mass is 9.93. The van der Waals surface area contributed by atoms with Crippen LogP contribution >= 0.6 is 0 Å². The normalized spacial score (nSPS) is 22.8. The van der Waals surface area contributed by atoms with Gasteiger partial charge in [0.25, 0.3) is 15.9 Å². The molecule has 1 N–H and O–H groups in total. The van der Waals surface area contributed by atoms with Gasteiger partial charge in [-0.25, -0.2) is 12.7 Å². The average Bonchev–Trinajstić information content (AvgIpc) is 2.12. The molecule has 0 saturated carbocycles. The second-order valence-corrected chi connectivity index (χ2v) is 7.43. The highest BCUT2D eigenvalue weighted by Gasteiger charge is 2.61. The monoisotopic (exact) mass is 249 g/mol. The second-order valence-electron chi connectivity index (χ2n) is 5.02. The molecule has 1 amide bonds. The van der Waals surface area contributed by atoms with Crippen LogP contribution in [0.2, 0.25) is 0 Å². The molecule has 0 atom stereocenters. The summed E-state index contributed by atoms with van der Waals surface area (Å²) in [6.45, 7) is 5.06. The fourth-order valence-electron chi connectivity index (χ4n) is 1.34. The van der Waals surface area contributed by atoms with Crippen LogP contribution in [0.1, 0.15) is 27.7 Å². The van der Waals surface area contributed by atoms with Crippen LogP contribution in [0.5, 0.6) is 0 Å². The van der Waals surface area contributed by atoms with Crippen molar-refractivity contribution in [3.05, 3.63) is 0 Å². The van der Waals surface area contributed by atoms with Gasteiger partial charge in [0, 0.05) is 0 Å². The molecule has 16 heavy (non-hydrogen) atoms. The maximum Gasteiger partial charge on any atom is 0.310 e. The summed E-state index contributed by atoms with van der Waals surface area (Å²) in [5.74, 6) is -1.69. The van der Waals surface area contributed by atoms with Crippen molar-refractivity contribution in [3.63, 3.8) is 0 Å². The molecule has 0 radical (unpaired) electrons. The molecule has 0 spiro atoms. The molecule has 0 unspecified atom stereocenters. The van der Waals surface area contributed by atoms with Gasteiger partial charge in [0.05, 0.1) is 12.0 Å². The van der Waals surface area contributed by atoms with Gasteiger partial charge in [0.2, 0.25) is 0 Å². The van der Waals surface area contributed by atoms with Gasteiger partial charge in [-0.05, 0) is 27.7 Å². The minimum atomic E-state index is -3.70. The number of sulfonamides is 1. The molecule has 0 bridgehead atoms. The first-order valence-corrected chi connectivity index (χ1v) is 6.19. The van der Waals surface area contributed by atoms with Crippen molar-refractivity contribution in [2.45, 2.75) is 32.4 Å². The summed E-state index contributed by atoms with van der Waals surface area (Å²) >= 11 is 0.